The topological polar surface area (TPSA) is 17.1 Å². The van der Waals surface area contributed by atoms with Crippen LogP contribution < -0.4 is 0 Å². The van der Waals surface area contributed by atoms with E-state index >= 15 is 0 Å². The molecule has 1 aliphatic rings. The highest BCUT2D eigenvalue weighted by Gasteiger charge is 2.16. The number of aldehydes is 1. The van der Waals surface area contributed by atoms with Gasteiger partial charge in [-0.1, -0.05) is 6.07 Å². The second-order valence-electron chi connectivity index (χ2n) is 3.84. The summed E-state index contributed by atoms with van der Waals surface area (Å²) >= 11 is 0. The third kappa shape index (κ3) is 1.19. The van der Waals surface area contributed by atoms with E-state index in [1.54, 1.807) is 0 Å². The van der Waals surface area contributed by atoms with Crippen molar-refractivity contribution in [1.82, 2.24) is 0 Å². The van der Waals surface area contributed by atoms with Crippen molar-refractivity contribution in [2.24, 2.45) is 0 Å². The minimum atomic E-state index is 0.903. The molecule has 1 aliphatic carbocycles. The van der Waals surface area contributed by atoms with Crippen LogP contribution >= 0.6 is 0 Å². The van der Waals surface area contributed by atoms with Gasteiger partial charge < -0.3 is 0 Å². The lowest BCUT2D eigenvalue weighted by Gasteiger charge is -2.09. The van der Waals surface area contributed by atoms with E-state index < -0.39 is 0 Å². The lowest BCUT2D eigenvalue weighted by Crippen LogP contribution is -1.97. The van der Waals surface area contributed by atoms with Crippen LogP contribution in [0.4, 0.5) is 0 Å². The average Bonchev–Trinajstić information content (AvgIpc) is 2.53. The summed E-state index contributed by atoms with van der Waals surface area (Å²) in [5, 5.41) is 0. The second kappa shape index (κ2) is 2.99. The third-order valence-corrected chi connectivity index (χ3v) is 3.05. The van der Waals surface area contributed by atoms with Crippen LogP contribution in [0.2, 0.25) is 0 Å². The third-order valence-electron chi connectivity index (χ3n) is 3.05. The number of hydrogen-bond acceptors (Lipinski definition) is 1. The number of carbonyl (C=O) groups is 1. The summed E-state index contributed by atoms with van der Waals surface area (Å²) < 4.78 is 0. The second-order valence-corrected chi connectivity index (χ2v) is 3.84. The van der Waals surface area contributed by atoms with Crippen LogP contribution in [0.15, 0.2) is 6.07 Å². The van der Waals surface area contributed by atoms with Crippen LogP contribution in [0.1, 0.15) is 39.0 Å². The fourth-order valence-corrected chi connectivity index (χ4v) is 2.33. The number of benzene rings is 1. The van der Waals surface area contributed by atoms with Gasteiger partial charge in [0.05, 0.1) is 0 Å². The number of hydrogen-bond donors (Lipinski definition) is 0. The first-order chi connectivity index (χ1) is 6.24. The van der Waals surface area contributed by atoms with E-state index in [0.29, 0.717) is 0 Å². The van der Waals surface area contributed by atoms with E-state index in [0.717, 1.165) is 23.8 Å². The molecule has 1 nitrogen and oxygen atoms in total. The smallest absolute Gasteiger partial charge is 0.150 e. The molecule has 0 aliphatic heterocycles. The highest BCUT2D eigenvalue weighted by atomic mass is 16.1. The van der Waals surface area contributed by atoms with E-state index in [1.807, 2.05) is 6.92 Å². The summed E-state index contributed by atoms with van der Waals surface area (Å²) in [4.78, 5) is 10.8. The van der Waals surface area contributed by atoms with Gasteiger partial charge in [-0.15, -0.1) is 0 Å². The van der Waals surface area contributed by atoms with Crippen molar-refractivity contribution in [1.29, 1.82) is 0 Å². The lowest BCUT2D eigenvalue weighted by molar-refractivity contribution is 0.112. The van der Waals surface area contributed by atoms with E-state index in [2.05, 4.69) is 13.0 Å². The molecule has 68 valence electrons. The zero-order valence-electron chi connectivity index (χ0n) is 8.18. The highest BCUT2D eigenvalue weighted by molar-refractivity contribution is 5.80. The van der Waals surface area contributed by atoms with Crippen molar-refractivity contribution >= 4 is 6.29 Å². The number of aryl methyl sites for hydroxylation is 2. The van der Waals surface area contributed by atoms with Crippen molar-refractivity contribution < 1.29 is 4.79 Å². The molecule has 0 saturated carbocycles. The Labute approximate surface area is 78.8 Å². The Hall–Kier alpha value is -1.11. The molecule has 0 heterocycles. The molecule has 0 atom stereocenters. The van der Waals surface area contributed by atoms with Crippen LogP contribution in [0.3, 0.4) is 0 Å². The van der Waals surface area contributed by atoms with Gasteiger partial charge in [0.15, 0.2) is 6.29 Å². The Morgan fingerprint density at radius 3 is 2.77 bits per heavy atom. The molecule has 0 amide bonds. The van der Waals surface area contributed by atoms with Crippen LogP contribution in [-0.4, -0.2) is 6.29 Å². The lowest BCUT2D eigenvalue weighted by atomic mass is 9.95. The summed E-state index contributed by atoms with van der Waals surface area (Å²) in [6, 6.07) is 2.18. The molecule has 0 spiro atoms. The van der Waals surface area contributed by atoms with E-state index in [1.165, 1.54) is 29.5 Å². The monoisotopic (exact) mass is 174 g/mol. The molecule has 0 fully saturated rings. The first kappa shape index (κ1) is 8.49. The molecule has 2 rings (SSSR count). The molecule has 0 N–H and O–H groups in total. The fraction of sp³-hybridized carbons (Fsp3) is 0.417. The molecule has 1 aromatic carbocycles. The SMILES string of the molecule is Cc1cc2c(c(C)c1C=O)CCC2. The molecular weight excluding hydrogens is 160 g/mol. The van der Waals surface area contributed by atoms with Crippen LogP contribution in [0.5, 0.6) is 0 Å². The van der Waals surface area contributed by atoms with E-state index in [4.69, 9.17) is 0 Å². The molecule has 13 heavy (non-hydrogen) atoms. The maximum atomic E-state index is 10.8. The first-order valence-corrected chi connectivity index (χ1v) is 4.81. The van der Waals surface area contributed by atoms with Crippen LogP contribution in [0, 0.1) is 13.8 Å². The van der Waals surface area contributed by atoms with Gasteiger partial charge >= 0.3 is 0 Å². The van der Waals surface area contributed by atoms with E-state index in [-0.39, 0.29) is 0 Å². The quantitative estimate of drug-likeness (QED) is 0.598. The fourth-order valence-electron chi connectivity index (χ4n) is 2.33. The maximum absolute atomic E-state index is 10.8. The zero-order chi connectivity index (χ0) is 9.42. The van der Waals surface area contributed by atoms with Gasteiger partial charge in [-0.3, -0.25) is 4.79 Å². The van der Waals surface area contributed by atoms with Crippen molar-refractivity contribution in [3.8, 4) is 0 Å². The number of rotatable bonds is 1. The van der Waals surface area contributed by atoms with E-state index in [9.17, 15) is 4.79 Å². The normalized spacial score (nSPS) is 14.3. The molecule has 0 radical (unpaired) electrons. The summed E-state index contributed by atoms with van der Waals surface area (Å²) in [7, 11) is 0. The molecule has 0 unspecified atom stereocenters. The molecular formula is C12H14O. The largest absolute Gasteiger partial charge is 0.298 e. The van der Waals surface area contributed by atoms with Crippen LogP contribution in [-0.2, 0) is 12.8 Å². The van der Waals surface area contributed by atoms with Gasteiger partial charge in [-0.2, -0.15) is 0 Å². The van der Waals surface area contributed by atoms with Gasteiger partial charge in [0.1, 0.15) is 0 Å². The van der Waals surface area contributed by atoms with Crippen molar-refractivity contribution in [3.63, 3.8) is 0 Å². The Bertz CT molecular complexity index is 364. The Morgan fingerprint density at radius 2 is 2.08 bits per heavy atom. The van der Waals surface area contributed by atoms with Gasteiger partial charge in [0.2, 0.25) is 0 Å². The summed E-state index contributed by atoms with van der Waals surface area (Å²) in [5.74, 6) is 0. The zero-order valence-corrected chi connectivity index (χ0v) is 8.18. The summed E-state index contributed by atoms with van der Waals surface area (Å²) in [5.41, 5.74) is 6.13. The van der Waals surface area contributed by atoms with Crippen molar-refractivity contribution in [3.05, 3.63) is 33.9 Å². The highest BCUT2D eigenvalue weighted by Crippen LogP contribution is 2.28. The Morgan fingerprint density at radius 1 is 1.31 bits per heavy atom. The minimum absolute atomic E-state index is 0.903. The molecule has 0 bridgehead atoms. The van der Waals surface area contributed by atoms with Gasteiger partial charge in [-0.25, -0.2) is 0 Å². The molecule has 0 saturated heterocycles. The number of fused-ring (bicyclic) bond motifs is 1. The predicted molar refractivity (Wildman–Crippen MR) is 53.3 cm³/mol. The summed E-state index contributed by atoms with van der Waals surface area (Å²) in [6.45, 7) is 4.09. The molecule has 1 heteroatoms. The van der Waals surface area contributed by atoms with Gasteiger partial charge in [0, 0.05) is 5.56 Å². The number of carbonyl (C=O) groups excluding carboxylic acids is 1. The first-order valence-electron chi connectivity index (χ1n) is 4.81. The minimum Gasteiger partial charge on any atom is -0.298 e. The average molecular weight is 174 g/mol. The molecule has 1 aromatic rings. The van der Waals surface area contributed by atoms with Crippen LogP contribution in [0.25, 0.3) is 0 Å². The standard InChI is InChI=1S/C12H14O/c1-8-6-10-4-3-5-11(10)9(2)12(8)7-13/h6-7H,3-5H2,1-2H3. The maximum Gasteiger partial charge on any atom is 0.150 e. The van der Waals surface area contributed by atoms with Crippen molar-refractivity contribution in [2.45, 2.75) is 33.1 Å². The van der Waals surface area contributed by atoms with Gasteiger partial charge in [-0.05, 0) is 55.4 Å². The predicted octanol–water partition coefficient (Wildman–Crippen LogP) is 2.60. The van der Waals surface area contributed by atoms with Crippen molar-refractivity contribution in [2.75, 3.05) is 0 Å². The Kier molecular flexibility index (Phi) is 1.95. The summed E-state index contributed by atoms with van der Waals surface area (Å²) in [6.07, 6.45) is 4.58. The molecule has 0 aromatic heterocycles. The Balaban J connectivity index is 2.69. The van der Waals surface area contributed by atoms with Gasteiger partial charge in [0.25, 0.3) is 0 Å².